The average Bonchev–Trinajstić information content (AvgIpc) is 2.30. The van der Waals surface area contributed by atoms with Crippen molar-refractivity contribution in [3.8, 4) is 5.88 Å². The van der Waals surface area contributed by atoms with Gasteiger partial charge in [0.05, 0.1) is 17.0 Å². The van der Waals surface area contributed by atoms with Gasteiger partial charge < -0.3 is 4.74 Å². The molecular weight excluding hydrogens is 206 g/mol. The molecular formula is C12H11NOS. The lowest BCUT2D eigenvalue weighted by atomic mass is 10.1. The number of fused-ring (bicyclic) bond motifs is 2. The molecule has 2 nitrogen and oxygen atoms in total. The van der Waals surface area contributed by atoms with Gasteiger partial charge in [-0.2, -0.15) is 0 Å². The topological polar surface area (TPSA) is 22.1 Å². The summed E-state index contributed by atoms with van der Waals surface area (Å²) in [5, 5.41) is 1.23. The Hall–Kier alpha value is -1.22. The number of aromatic nitrogens is 1. The summed E-state index contributed by atoms with van der Waals surface area (Å²) in [6.45, 7) is 2.91. The highest BCUT2D eigenvalue weighted by Crippen LogP contribution is 2.37. The van der Waals surface area contributed by atoms with Gasteiger partial charge >= 0.3 is 0 Å². The third-order valence-corrected chi connectivity index (χ3v) is 3.77. The Kier molecular flexibility index (Phi) is 2.06. The molecule has 0 unspecified atom stereocenters. The van der Waals surface area contributed by atoms with Crippen LogP contribution in [-0.2, 0) is 0 Å². The van der Waals surface area contributed by atoms with E-state index in [9.17, 15) is 0 Å². The van der Waals surface area contributed by atoms with Crippen LogP contribution in [0.1, 0.15) is 5.56 Å². The minimum Gasteiger partial charge on any atom is -0.476 e. The van der Waals surface area contributed by atoms with E-state index in [1.54, 1.807) is 0 Å². The first-order chi connectivity index (χ1) is 7.36. The van der Waals surface area contributed by atoms with Crippen LogP contribution in [0.2, 0.25) is 0 Å². The number of para-hydroxylation sites is 1. The summed E-state index contributed by atoms with van der Waals surface area (Å²) in [6.07, 6.45) is 0. The van der Waals surface area contributed by atoms with E-state index in [1.807, 2.05) is 23.9 Å². The van der Waals surface area contributed by atoms with Crippen LogP contribution in [0.4, 0.5) is 0 Å². The second-order valence-electron chi connectivity index (χ2n) is 3.59. The highest BCUT2D eigenvalue weighted by Gasteiger charge is 2.16. The van der Waals surface area contributed by atoms with Crippen LogP contribution in [0.15, 0.2) is 29.2 Å². The smallest absolute Gasteiger partial charge is 0.228 e. The quantitative estimate of drug-likeness (QED) is 0.677. The Labute approximate surface area is 92.7 Å². The van der Waals surface area contributed by atoms with Crippen molar-refractivity contribution in [2.45, 2.75) is 11.8 Å². The standard InChI is InChI=1S/C12H11NOS/c1-8-9-4-2-3-5-10(9)13-12-11(8)15-7-6-14-12/h2-5H,6-7H2,1H3. The summed E-state index contributed by atoms with van der Waals surface area (Å²) in [7, 11) is 0. The molecule has 3 heteroatoms. The number of aryl methyl sites for hydroxylation is 1. The van der Waals surface area contributed by atoms with Crippen molar-refractivity contribution in [2.24, 2.45) is 0 Å². The molecule has 3 rings (SSSR count). The van der Waals surface area contributed by atoms with Crippen LogP contribution >= 0.6 is 11.8 Å². The zero-order valence-electron chi connectivity index (χ0n) is 8.49. The van der Waals surface area contributed by atoms with Gasteiger partial charge in [-0.3, -0.25) is 0 Å². The molecule has 76 valence electrons. The molecule has 0 saturated heterocycles. The number of rotatable bonds is 0. The highest BCUT2D eigenvalue weighted by atomic mass is 32.2. The Morgan fingerprint density at radius 1 is 1.33 bits per heavy atom. The summed E-state index contributed by atoms with van der Waals surface area (Å²) in [4.78, 5) is 5.74. The summed E-state index contributed by atoms with van der Waals surface area (Å²) >= 11 is 1.84. The number of thioether (sulfide) groups is 1. The molecule has 0 spiro atoms. The minimum atomic E-state index is 0.766. The normalized spacial score (nSPS) is 14.7. The predicted molar refractivity (Wildman–Crippen MR) is 62.7 cm³/mol. The van der Waals surface area contributed by atoms with Crippen LogP contribution in [0.5, 0.6) is 5.88 Å². The predicted octanol–water partition coefficient (Wildman–Crippen LogP) is 3.03. The van der Waals surface area contributed by atoms with E-state index in [2.05, 4.69) is 24.0 Å². The molecule has 2 heterocycles. The number of nitrogens with zero attached hydrogens (tertiary/aromatic N) is 1. The van der Waals surface area contributed by atoms with E-state index >= 15 is 0 Å². The maximum atomic E-state index is 5.58. The number of hydrogen-bond acceptors (Lipinski definition) is 3. The fraction of sp³-hybridized carbons (Fsp3) is 0.250. The Bertz CT molecular complexity index is 524. The van der Waals surface area contributed by atoms with E-state index in [0.29, 0.717) is 0 Å². The minimum absolute atomic E-state index is 0.766. The molecule has 0 fully saturated rings. The Morgan fingerprint density at radius 2 is 2.20 bits per heavy atom. The van der Waals surface area contributed by atoms with Gasteiger partial charge in [0, 0.05) is 11.1 Å². The molecule has 15 heavy (non-hydrogen) atoms. The number of pyridine rings is 1. The van der Waals surface area contributed by atoms with Crippen molar-refractivity contribution in [3.05, 3.63) is 29.8 Å². The SMILES string of the molecule is Cc1c2c(nc3ccccc13)OCCS2. The van der Waals surface area contributed by atoms with Crippen LogP contribution in [0, 0.1) is 6.92 Å². The lowest BCUT2D eigenvalue weighted by Crippen LogP contribution is -2.09. The molecule has 0 aliphatic carbocycles. The maximum absolute atomic E-state index is 5.58. The molecule has 0 atom stereocenters. The number of benzene rings is 1. The van der Waals surface area contributed by atoms with Crippen LogP contribution in [-0.4, -0.2) is 17.3 Å². The Morgan fingerprint density at radius 3 is 3.13 bits per heavy atom. The van der Waals surface area contributed by atoms with Gasteiger partial charge in [0.15, 0.2) is 0 Å². The van der Waals surface area contributed by atoms with Crippen molar-refractivity contribution in [1.82, 2.24) is 4.98 Å². The summed E-state index contributed by atoms with van der Waals surface area (Å²) < 4.78 is 5.58. The largest absolute Gasteiger partial charge is 0.476 e. The van der Waals surface area contributed by atoms with Gasteiger partial charge in [-0.1, -0.05) is 18.2 Å². The van der Waals surface area contributed by atoms with Gasteiger partial charge in [0.2, 0.25) is 5.88 Å². The van der Waals surface area contributed by atoms with E-state index < -0.39 is 0 Å². The van der Waals surface area contributed by atoms with Gasteiger partial charge in [-0.25, -0.2) is 4.98 Å². The van der Waals surface area contributed by atoms with E-state index in [4.69, 9.17) is 4.74 Å². The highest BCUT2D eigenvalue weighted by molar-refractivity contribution is 7.99. The second-order valence-corrected chi connectivity index (χ2v) is 4.69. The fourth-order valence-corrected chi connectivity index (χ4v) is 2.81. The molecule has 0 amide bonds. The Balaban J connectivity index is 2.36. The third kappa shape index (κ3) is 1.38. The summed E-state index contributed by atoms with van der Waals surface area (Å²) in [5.41, 5.74) is 2.32. The van der Waals surface area contributed by atoms with Gasteiger partial charge in [0.1, 0.15) is 0 Å². The van der Waals surface area contributed by atoms with Crippen LogP contribution in [0.3, 0.4) is 0 Å². The molecule has 0 radical (unpaired) electrons. The molecule has 0 N–H and O–H groups in total. The molecule has 0 bridgehead atoms. The molecule has 0 saturated carbocycles. The number of hydrogen-bond donors (Lipinski definition) is 0. The van der Waals surface area contributed by atoms with Gasteiger partial charge in [0.25, 0.3) is 0 Å². The number of ether oxygens (including phenoxy) is 1. The maximum Gasteiger partial charge on any atom is 0.228 e. The first-order valence-corrected chi connectivity index (χ1v) is 6.00. The van der Waals surface area contributed by atoms with Crippen molar-refractivity contribution >= 4 is 22.7 Å². The molecule has 1 aliphatic rings. The fourth-order valence-electron chi connectivity index (χ4n) is 1.88. The van der Waals surface area contributed by atoms with E-state index in [-0.39, 0.29) is 0 Å². The zero-order valence-corrected chi connectivity index (χ0v) is 9.30. The van der Waals surface area contributed by atoms with E-state index in [0.717, 1.165) is 23.8 Å². The van der Waals surface area contributed by atoms with E-state index in [1.165, 1.54) is 15.8 Å². The average molecular weight is 217 g/mol. The van der Waals surface area contributed by atoms with Crippen molar-refractivity contribution < 1.29 is 4.74 Å². The third-order valence-electron chi connectivity index (χ3n) is 2.63. The molecule has 1 aromatic carbocycles. The lowest BCUT2D eigenvalue weighted by Gasteiger charge is -2.18. The van der Waals surface area contributed by atoms with Crippen LogP contribution < -0.4 is 4.74 Å². The zero-order chi connectivity index (χ0) is 10.3. The van der Waals surface area contributed by atoms with Crippen molar-refractivity contribution in [1.29, 1.82) is 0 Å². The first kappa shape index (κ1) is 9.04. The van der Waals surface area contributed by atoms with Crippen molar-refractivity contribution in [2.75, 3.05) is 12.4 Å². The van der Waals surface area contributed by atoms with Gasteiger partial charge in [-0.15, -0.1) is 11.8 Å². The monoisotopic (exact) mass is 217 g/mol. The van der Waals surface area contributed by atoms with Gasteiger partial charge in [-0.05, 0) is 18.6 Å². The second kappa shape index (κ2) is 3.42. The molecule has 1 aliphatic heterocycles. The first-order valence-electron chi connectivity index (χ1n) is 5.01. The van der Waals surface area contributed by atoms with Crippen molar-refractivity contribution in [3.63, 3.8) is 0 Å². The molecule has 2 aromatic rings. The van der Waals surface area contributed by atoms with Crippen LogP contribution in [0.25, 0.3) is 10.9 Å². The summed E-state index contributed by atoms with van der Waals surface area (Å²) in [6, 6.07) is 8.22. The molecule has 1 aromatic heterocycles. The lowest BCUT2D eigenvalue weighted by molar-refractivity contribution is 0.316. The summed E-state index contributed by atoms with van der Waals surface area (Å²) in [5.74, 6) is 1.83.